The molecule has 1 aliphatic heterocycles. The van der Waals surface area contributed by atoms with Crippen LogP contribution in [0.25, 0.3) is 0 Å². The fourth-order valence-electron chi connectivity index (χ4n) is 4.50. The lowest BCUT2D eigenvalue weighted by atomic mass is 10.1. The molecule has 3 aromatic rings. The number of rotatable bonds is 10. The predicted octanol–water partition coefficient (Wildman–Crippen LogP) is 4.29. The zero-order valence-electron chi connectivity index (χ0n) is 22.2. The molecule has 0 spiro atoms. The summed E-state index contributed by atoms with van der Waals surface area (Å²) in [6.45, 7) is 5.32. The molecule has 0 radical (unpaired) electrons. The van der Waals surface area contributed by atoms with Crippen LogP contribution in [0.5, 0.6) is 0 Å². The highest BCUT2D eigenvalue weighted by atomic mass is 16.5. The van der Waals surface area contributed by atoms with Crippen molar-refractivity contribution in [3.63, 3.8) is 0 Å². The van der Waals surface area contributed by atoms with Crippen molar-refractivity contribution in [2.45, 2.75) is 13.0 Å². The number of nitriles is 1. The number of hydrogen-bond acceptors (Lipinski definition) is 6. The summed E-state index contributed by atoms with van der Waals surface area (Å²) in [5.74, 6) is -0.191. The Hall–Kier alpha value is -4.39. The van der Waals surface area contributed by atoms with Crippen LogP contribution in [0.15, 0.2) is 72.8 Å². The predicted molar refractivity (Wildman–Crippen MR) is 153 cm³/mol. The maximum atomic E-state index is 13.2. The summed E-state index contributed by atoms with van der Waals surface area (Å²) in [4.78, 5) is 30.5. The second-order valence-corrected chi connectivity index (χ2v) is 9.35. The first-order valence-corrected chi connectivity index (χ1v) is 13.1. The van der Waals surface area contributed by atoms with E-state index in [-0.39, 0.29) is 5.91 Å². The Labute approximate surface area is 229 Å². The number of ether oxygens (including phenoxy) is 1. The van der Waals surface area contributed by atoms with Crippen molar-refractivity contribution in [2.24, 2.45) is 0 Å². The van der Waals surface area contributed by atoms with Crippen LogP contribution < -0.4 is 20.9 Å². The van der Waals surface area contributed by atoms with E-state index < -0.39 is 6.03 Å². The molecule has 1 fully saturated rings. The number of carbonyl (C=O) groups excluding carboxylic acids is 2. The number of piperazine rings is 1. The van der Waals surface area contributed by atoms with Gasteiger partial charge >= 0.3 is 6.03 Å². The molecule has 0 unspecified atom stereocenters. The molecular formula is C30H34N6O3. The monoisotopic (exact) mass is 526 g/mol. The van der Waals surface area contributed by atoms with Crippen LogP contribution in [0.2, 0.25) is 0 Å². The van der Waals surface area contributed by atoms with Crippen molar-refractivity contribution in [1.29, 1.82) is 5.26 Å². The second-order valence-electron chi connectivity index (χ2n) is 9.35. The first kappa shape index (κ1) is 27.6. The molecule has 3 amide bonds. The Morgan fingerprint density at radius 2 is 1.62 bits per heavy atom. The number of urea groups is 1. The van der Waals surface area contributed by atoms with Crippen LogP contribution in [-0.4, -0.2) is 63.3 Å². The second kappa shape index (κ2) is 14.0. The molecule has 39 heavy (non-hydrogen) atoms. The van der Waals surface area contributed by atoms with Crippen molar-refractivity contribution < 1.29 is 14.3 Å². The molecule has 1 saturated heterocycles. The molecule has 0 aliphatic carbocycles. The normalized spacial score (nSPS) is 13.4. The fourth-order valence-corrected chi connectivity index (χ4v) is 4.50. The van der Waals surface area contributed by atoms with Gasteiger partial charge in [0.1, 0.15) is 0 Å². The molecule has 1 heterocycles. The van der Waals surface area contributed by atoms with Crippen LogP contribution in [-0.2, 0) is 11.3 Å². The number of nitrogens with zero attached hydrogens (tertiary/aromatic N) is 3. The number of carbonyl (C=O) groups is 2. The average molecular weight is 527 g/mol. The number of methoxy groups -OCH3 is 1. The summed E-state index contributed by atoms with van der Waals surface area (Å²) < 4.78 is 5.09. The lowest BCUT2D eigenvalue weighted by Crippen LogP contribution is -2.46. The Morgan fingerprint density at radius 3 is 2.31 bits per heavy atom. The molecule has 9 heteroatoms. The van der Waals surface area contributed by atoms with Crippen LogP contribution in [0, 0.1) is 11.3 Å². The van der Waals surface area contributed by atoms with Gasteiger partial charge in [-0.05, 0) is 54.4 Å². The molecule has 0 bridgehead atoms. The SMILES string of the molecule is COCCCNC(=O)c1cc(NC(=O)Nc2ccc(C#N)cc2)ccc1N1CCN(Cc2ccccc2)CC1. The van der Waals surface area contributed by atoms with E-state index in [4.69, 9.17) is 10.00 Å². The summed E-state index contributed by atoms with van der Waals surface area (Å²) >= 11 is 0. The maximum absolute atomic E-state index is 13.2. The lowest BCUT2D eigenvalue weighted by molar-refractivity contribution is 0.0949. The molecule has 3 aromatic carbocycles. The van der Waals surface area contributed by atoms with Crippen molar-refractivity contribution in [1.82, 2.24) is 10.2 Å². The van der Waals surface area contributed by atoms with E-state index in [0.29, 0.717) is 42.1 Å². The Bertz CT molecular complexity index is 1280. The molecule has 0 atom stereocenters. The van der Waals surface area contributed by atoms with Gasteiger partial charge in [0.2, 0.25) is 0 Å². The smallest absolute Gasteiger partial charge is 0.323 e. The third-order valence-corrected chi connectivity index (χ3v) is 6.54. The summed E-state index contributed by atoms with van der Waals surface area (Å²) in [5, 5.41) is 17.5. The highest BCUT2D eigenvalue weighted by molar-refractivity contribution is 6.04. The van der Waals surface area contributed by atoms with Crippen molar-refractivity contribution in [3.05, 3.63) is 89.5 Å². The Morgan fingerprint density at radius 1 is 0.923 bits per heavy atom. The minimum absolute atomic E-state index is 0.191. The number of amides is 3. The highest BCUT2D eigenvalue weighted by Crippen LogP contribution is 2.26. The minimum Gasteiger partial charge on any atom is -0.385 e. The Balaban J connectivity index is 1.44. The van der Waals surface area contributed by atoms with E-state index >= 15 is 0 Å². The molecule has 202 valence electrons. The lowest BCUT2D eigenvalue weighted by Gasteiger charge is -2.37. The van der Waals surface area contributed by atoms with E-state index in [1.807, 2.05) is 18.2 Å². The first-order chi connectivity index (χ1) is 19.1. The number of nitrogens with one attached hydrogen (secondary N) is 3. The third-order valence-electron chi connectivity index (χ3n) is 6.54. The molecule has 4 rings (SSSR count). The van der Waals surface area contributed by atoms with Crippen molar-refractivity contribution >= 4 is 29.0 Å². The molecule has 0 aromatic heterocycles. The van der Waals surface area contributed by atoms with Gasteiger partial charge < -0.3 is 25.6 Å². The van der Waals surface area contributed by atoms with Gasteiger partial charge in [0.25, 0.3) is 5.91 Å². The largest absolute Gasteiger partial charge is 0.385 e. The molecule has 9 nitrogen and oxygen atoms in total. The van der Waals surface area contributed by atoms with E-state index in [1.54, 1.807) is 37.4 Å². The van der Waals surface area contributed by atoms with Crippen LogP contribution in [0.4, 0.5) is 21.9 Å². The quantitative estimate of drug-likeness (QED) is 0.340. The van der Waals surface area contributed by atoms with Gasteiger partial charge in [-0.3, -0.25) is 9.69 Å². The van der Waals surface area contributed by atoms with E-state index in [2.05, 4.69) is 56.1 Å². The standard InChI is InChI=1S/C30H34N6O3/c1-39-19-5-14-32-29(37)27-20-26(34-30(38)33-25-10-8-23(21-31)9-11-25)12-13-28(27)36-17-15-35(16-18-36)22-24-6-3-2-4-7-24/h2-4,6-13,20H,5,14-19,22H2,1H3,(H,32,37)(H2,33,34,38). The third kappa shape index (κ3) is 8.04. The Kier molecular flexibility index (Phi) is 9.89. The van der Waals surface area contributed by atoms with Crippen molar-refractivity contribution in [3.8, 4) is 6.07 Å². The highest BCUT2D eigenvalue weighted by Gasteiger charge is 2.22. The van der Waals surface area contributed by atoms with Crippen molar-refractivity contribution in [2.75, 3.05) is 62.0 Å². The van der Waals surface area contributed by atoms with Gasteiger partial charge in [-0.1, -0.05) is 30.3 Å². The molecule has 1 aliphatic rings. The number of benzene rings is 3. The zero-order valence-corrected chi connectivity index (χ0v) is 22.2. The van der Waals surface area contributed by atoms with Gasteiger partial charge in [0.05, 0.1) is 17.2 Å². The summed E-state index contributed by atoms with van der Waals surface area (Å²) in [6.07, 6.45) is 0.709. The van der Waals surface area contributed by atoms with Gasteiger partial charge in [-0.2, -0.15) is 5.26 Å². The van der Waals surface area contributed by atoms with Gasteiger partial charge in [-0.25, -0.2) is 4.79 Å². The van der Waals surface area contributed by atoms with E-state index in [1.165, 1.54) is 5.56 Å². The van der Waals surface area contributed by atoms with Crippen LogP contribution in [0.3, 0.4) is 0 Å². The number of anilines is 3. The molecule has 0 saturated carbocycles. The van der Waals surface area contributed by atoms with E-state index in [9.17, 15) is 9.59 Å². The van der Waals surface area contributed by atoms with Gasteiger partial charge in [0, 0.05) is 70.0 Å². The maximum Gasteiger partial charge on any atom is 0.323 e. The summed E-state index contributed by atoms with van der Waals surface area (Å²) in [7, 11) is 1.63. The molecule has 3 N–H and O–H groups in total. The average Bonchev–Trinajstić information content (AvgIpc) is 2.96. The van der Waals surface area contributed by atoms with Gasteiger partial charge in [0.15, 0.2) is 0 Å². The van der Waals surface area contributed by atoms with Gasteiger partial charge in [-0.15, -0.1) is 0 Å². The number of hydrogen-bond donors (Lipinski definition) is 3. The zero-order chi connectivity index (χ0) is 27.5. The first-order valence-electron chi connectivity index (χ1n) is 13.1. The minimum atomic E-state index is -0.437. The summed E-state index contributed by atoms with van der Waals surface area (Å²) in [6, 6.07) is 24.1. The topological polar surface area (TPSA) is 110 Å². The molecular weight excluding hydrogens is 492 g/mol. The van der Waals surface area contributed by atoms with E-state index in [0.717, 1.165) is 38.4 Å². The summed E-state index contributed by atoms with van der Waals surface area (Å²) in [5.41, 5.74) is 4.23. The fraction of sp³-hybridized carbons (Fsp3) is 0.300. The van der Waals surface area contributed by atoms with Crippen LogP contribution in [0.1, 0.15) is 27.9 Å². The van der Waals surface area contributed by atoms with Crippen LogP contribution >= 0.6 is 0 Å².